The van der Waals surface area contributed by atoms with Crippen LogP contribution in [0.3, 0.4) is 0 Å². The van der Waals surface area contributed by atoms with Gasteiger partial charge in [-0.2, -0.15) is 4.98 Å². The van der Waals surface area contributed by atoms with Crippen LogP contribution in [0.15, 0.2) is 55.4 Å². The van der Waals surface area contributed by atoms with E-state index in [-0.39, 0.29) is 5.91 Å². The van der Waals surface area contributed by atoms with E-state index in [1.54, 1.807) is 32.4 Å². The van der Waals surface area contributed by atoms with Gasteiger partial charge in [0.1, 0.15) is 17.8 Å². The fraction of sp³-hybridized carbons (Fsp3) is 0.143. The van der Waals surface area contributed by atoms with Crippen molar-refractivity contribution in [3.05, 3.63) is 60.9 Å². The van der Waals surface area contributed by atoms with Crippen LogP contribution in [0.25, 0.3) is 0 Å². The van der Waals surface area contributed by atoms with Crippen LogP contribution in [0.2, 0.25) is 0 Å². The highest BCUT2D eigenvalue weighted by atomic mass is 16.5. The second-order valence-electron chi connectivity index (χ2n) is 6.18. The summed E-state index contributed by atoms with van der Waals surface area (Å²) in [6.45, 7) is 5.40. The average molecular weight is 406 g/mol. The summed E-state index contributed by atoms with van der Waals surface area (Å²) in [6.07, 6.45) is 2.59. The Morgan fingerprint density at radius 3 is 2.30 bits per heavy atom. The molecule has 1 heterocycles. The lowest BCUT2D eigenvalue weighted by atomic mass is 10.2. The van der Waals surface area contributed by atoms with Crippen molar-refractivity contribution >= 4 is 34.9 Å². The van der Waals surface area contributed by atoms with E-state index < -0.39 is 0 Å². The number of methoxy groups -OCH3 is 2. The zero-order valence-electron chi connectivity index (χ0n) is 16.9. The van der Waals surface area contributed by atoms with Gasteiger partial charge in [-0.25, -0.2) is 9.97 Å². The van der Waals surface area contributed by atoms with E-state index in [0.717, 1.165) is 17.0 Å². The number of amides is 1. The van der Waals surface area contributed by atoms with E-state index in [9.17, 15) is 4.79 Å². The van der Waals surface area contributed by atoms with Crippen LogP contribution >= 0.6 is 0 Å². The molecule has 0 saturated heterocycles. The molecule has 1 amide bonds. The first-order valence-corrected chi connectivity index (χ1v) is 9.01. The SMILES string of the molecule is C=CC(=O)Nc1ccc(OC)c(Nc2ncnc(Nc3ccc(OC)c(C)c3)n2)c1. The maximum Gasteiger partial charge on any atom is 0.247 e. The first kappa shape index (κ1) is 20.6. The van der Waals surface area contributed by atoms with Gasteiger partial charge in [0, 0.05) is 11.4 Å². The van der Waals surface area contributed by atoms with Crippen molar-refractivity contribution in [1.82, 2.24) is 15.0 Å². The predicted molar refractivity (Wildman–Crippen MR) is 116 cm³/mol. The number of aryl methyl sites for hydroxylation is 1. The Morgan fingerprint density at radius 1 is 0.967 bits per heavy atom. The summed E-state index contributed by atoms with van der Waals surface area (Å²) in [5, 5.41) is 8.92. The minimum Gasteiger partial charge on any atom is -0.496 e. The summed E-state index contributed by atoms with van der Waals surface area (Å²) in [4.78, 5) is 24.2. The Morgan fingerprint density at radius 2 is 1.63 bits per heavy atom. The molecule has 3 rings (SSSR count). The van der Waals surface area contributed by atoms with E-state index in [2.05, 4.69) is 37.5 Å². The maximum atomic E-state index is 11.6. The molecule has 154 valence electrons. The average Bonchev–Trinajstić information content (AvgIpc) is 2.74. The zero-order chi connectivity index (χ0) is 21.5. The van der Waals surface area contributed by atoms with Crippen molar-refractivity contribution < 1.29 is 14.3 Å². The highest BCUT2D eigenvalue weighted by Crippen LogP contribution is 2.30. The largest absolute Gasteiger partial charge is 0.496 e. The van der Waals surface area contributed by atoms with E-state index in [0.29, 0.717) is 29.0 Å². The fourth-order valence-corrected chi connectivity index (χ4v) is 2.70. The first-order valence-electron chi connectivity index (χ1n) is 9.01. The number of carbonyl (C=O) groups excluding carboxylic acids is 1. The number of nitrogens with one attached hydrogen (secondary N) is 3. The van der Waals surface area contributed by atoms with Crippen molar-refractivity contribution in [2.45, 2.75) is 6.92 Å². The molecule has 9 heteroatoms. The Labute approximate surface area is 174 Å². The highest BCUT2D eigenvalue weighted by molar-refractivity contribution is 5.99. The third kappa shape index (κ3) is 5.02. The van der Waals surface area contributed by atoms with Gasteiger partial charge in [0.15, 0.2) is 0 Å². The van der Waals surface area contributed by atoms with Gasteiger partial charge >= 0.3 is 0 Å². The van der Waals surface area contributed by atoms with Crippen molar-refractivity contribution in [2.24, 2.45) is 0 Å². The topological polar surface area (TPSA) is 110 Å². The Balaban J connectivity index is 1.81. The Kier molecular flexibility index (Phi) is 6.43. The van der Waals surface area contributed by atoms with Crippen LogP contribution < -0.4 is 25.4 Å². The normalized spacial score (nSPS) is 10.1. The van der Waals surface area contributed by atoms with E-state index in [4.69, 9.17) is 9.47 Å². The molecule has 0 saturated carbocycles. The summed E-state index contributed by atoms with van der Waals surface area (Å²) in [5.41, 5.74) is 2.95. The van der Waals surface area contributed by atoms with Gasteiger partial charge < -0.3 is 25.4 Å². The number of carbonyl (C=O) groups is 1. The highest BCUT2D eigenvalue weighted by Gasteiger charge is 2.09. The second-order valence-corrected chi connectivity index (χ2v) is 6.18. The summed E-state index contributed by atoms with van der Waals surface area (Å²) < 4.78 is 10.6. The van der Waals surface area contributed by atoms with Crippen LogP contribution in [0, 0.1) is 6.92 Å². The fourth-order valence-electron chi connectivity index (χ4n) is 2.70. The lowest BCUT2D eigenvalue weighted by molar-refractivity contribution is -0.111. The van der Waals surface area contributed by atoms with Gasteiger partial charge in [-0.05, 0) is 55.0 Å². The molecule has 0 aliphatic heterocycles. The van der Waals surface area contributed by atoms with E-state index in [1.165, 1.54) is 12.4 Å². The summed E-state index contributed by atoms with van der Waals surface area (Å²) >= 11 is 0. The summed E-state index contributed by atoms with van der Waals surface area (Å²) in [7, 11) is 3.18. The van der Waals surface area contributed by atoms with Crippen molar-refractivity contribution in [3.63, 3.8) is 0 Å². The van der Waals surface area contributed by atoms with Crippen LogP contribution in [-0.2, 0) is 4.79 Å². The monoisotopic (exact) mass is 406 g/mol. The molecular weight excluding hydrogens is 384 g/mol. The number of ether oxygens (including phenoxy) is 2. The molecule has 0 bridgehead atoms. The minimum absolute atomic E-state index is 0.309. The second kappa shape index (κ2) is 9.37. The van der Waals surface area contributed by atoms with Crippen LogP contribution in [0.5, 0.6) is 11.5 Å². The quantitative estimate of drug-likeness (QED) is 0.485. The number of aromatic nitrogens is 3. The number of rotatable bonds is 8. The van der Waals surface area contributed by atoms with Gasteiger partial charge in [0.25, 0.3) is 0 Å². The third-order valence-electron chi connectivity index (χ3n) is 4.12. The molecule has 3 aromatic rings. The molecule has 0 radical (unpaired) electrons. The summed E-state index contributed by atoms with van der Waals surface area (Å²) in [6, 6.07) is 10.8. The number of nitrogens with zero attached hydrogens (tertiary/aromatic N) is 3. The number of anilines is 5. The van der Waals surface area contributed by atoms with Crippen molar-refractivity contribution in [3.8, 4) is 11.5 Å². The van der Waals surface area contributed by atoms with Gasteiger partial charge in [-0.15, -0.1) is 0 Å². The maximum absolute atomic E-state index is 11.6. The van der Waals surface area contributed by atoms with Gasteiger partial charge in [-0.1, -0.05) is 6.58 Å². The lowest BCUT2D eigenvalue weighted by Gasteiger charge is -2.13. The zero-order valence-corrected chi connectivity index (χ0v) is 16.9. The standard InChI is InChI=1S/C21H22N6O3/c1-5-19(28)24-15-7-9-18(30-4)16(11-15)26-21-23-12-22-20(27-21)25-14-6-8-17(29-3)13(2)10-14/h5-12H,1H2,2-4H3,(H,24,28)(H2,22,23,25,26,27). The predicted octanol–water partition coefficient (Wildman–Crippen LogP) is 3.81. The smallest absolute Gasteiger partial charge is 0.247 e. The number of hydrogen-bond acceptors (Lipinski definition) is 8. The Bertz CT molecular complexity index is 1070. The minimum atomic E-state index is -0.312. The van der Waals surface area contributed by atoms with Crippen LogP contribution in [-0.4, -0.2) is 35.1 Å². The van der Waals surface area contributed by atoms with Gasteiger partial charge in [0.2, 0.25) is 17.8 Å². The van der Waals surface area contributed by atoms with Gasteiger partial charge in [-0.3, -0.25) is 4.79 Å². The molecule has 0 atom stereocenters. The van der Waals surface area contributed by atoms with E-state index in [1.807, 2.05) is 25.1 Å². The van der Waals surface area contributed by atoms with Crippen LogP contribution in [0.4, 0.5) is 29.0 Å². The molecule has 1 aromatic heterocycles. The van der Waals surface area contributed by atoms with Gasteiger partial charge in [0.05, 0.1) is 19.9 Å². The number of benzene rings is 2. The molecule has 0 fully saturated rings. The molecule has 0 aliphatic rings. The molecule has 30 heavy (non-hydrogen) atoms. The molecule has 0 spiro atoms. The molecule has 9 nitrogen and oxygen atoms in total. The van der Waals surface area contributed by atoms with E-state index >= 15 is 0 Å². The molecular formula is C21H22N6O3. The lowest BCUT2D eigenvalue weighted by Crippen LogP contribution is -2.08. The molecule has 0 unspecified atom stereocenters. The Hall–Kier alpha value is -4.14. The molecule has 0 aliphatic carbocycles. The first-order chi connectivity index (χ1) is 14.5. The van der Waals surface area contributed by atoms with Crippen molar-refractivity contribution in [2.75, 3.05) is 30.2 Å². The molecule has 3 N–H and O–H groups in total. The number of hydrogen-bond donors (Lipinski definition) is 3. The van der Waals surface area contributed by atoms with Crippen molar-refractivity contribution in [1.29, 1.82) is 0 Å². The third-order valence-corrected chi connectivity index (χ3v) is 4.12. The molecule has 2 aromatic carbocycles. The van der Waals surface area contributed by atoms with Crippen LogP contribution in [0.1, 0.15) is 5.56 Å². The summed E-state index contributed by atoms with van der Waals surface area (Å²) in [5.74, 6) is 1.73.